The van der Waals surface area contributed by atoms with E-state index >= 15 is 0 Å². The number of hydrogen-bond acceptors (Lipinski definition) is 5. The van der Waals surface area contributed by atoms with Crippen LogP contribution in [0, 0.1) is 6.92 Å². The molecule has 0 saturated heterocycles. The monoisotopic (exact) mass is 241 g/mol. The van der Waals surface area contributed by atoms with Crippen molar-refractivity contribution in [3.8, 4) is 0 Å². The summed E-state index contributed by atoms with van der Waals surface area (Å²) in [4.78, 5) is 19.1. The minimum Gasteiger partial charge on any atom is -0.466 e. The molecule has 0 bridgehead atoms. The zero-order chi connectivity index (χ0) is 12.1. The highest BCUT2D eigenvalue weighted by Crippen LogP contribution is 2.22. The fraction of sp³-hybridized carbons (Fsp3) is 0.300. The molecule has 0 aromatic carbocycles. The van der Waals surface area contributed by atoms with Crippen molar-refractivity contribution in [2.45, 2.75) is 6.92 Å². The molecule has 0 saturated carbocycles. The number of ether oxygens (including phenoxy) is 1. The predicted molar refractivity (Wildman–Crippen MR) is 62.4 cm³/mol. The number of esters is 1. The summed E-state index contributed by atoms with van der Waals surface area (Å²) in [5.74, 6) is 0.668. The van der Waals surface area contributed by atoms with Gasteiger partial charge < -0.3 is 10.1 Å². The van der Waals surface area contributed by atoms with Crippen molar-refractivity contribution >= 4 is 29.5 Å². The number of aryl methyl sites for hydroxylation is 1. The maximum atomic E-state index is 10.9. The maximum Gasteiger partial charge on any atom is 0.330 e. The predicted octanol–water partition coefficient (Wildman–Crippen LogP) is 1.67. The Balaban J connectivity index is 3.12. The molecule has 6 heteroatoms. The molecule has 5 nitrogen and oxygen atoms in total. The van der Waals surface area contributed by atoms with E-state index in [-0.39, 0.29) is 5.15 Å². The lowest BCUT2D eigenvalue weighted by Crippen LogP contribution is -2.01. The van der Waals surface area contributed by atoms with Gasteiger partial charge in [-0.15, -0.1) is 0 Å². The highest BCUT2D eigenvalue weighted by Gasteiger charge is 2.08. The minimum absolute atomic E-state index is 0.289. The number of carbonyl (C=O) groups is 1. The quantitative estimate of drug-likeness (QED) is 0.495. The second kappa shape index (κ2) is 5.46. The number of nitrogens with one attached hydrogen (secondary N) is 1. The first-order valence-electron chi connectivity index (χ1n) is 4.56. The van der Waals surface area contributed by atoms with Crippen LogP contribution in [0.4, 0.5) is 5.82 Å². The van der Waals surface area contributed by atoms with Crippen LogP contribution in [0.1, 0.15) is 11.4 Å². The molecule has 0 aliphatic rings. The smallest absolute Gasteiger partial charge is 0.330 e. The lowest BCUT2D eigenvalue weighted by atomic mass is 10.2. The molecule has 0 amide bonds. The van der Waals surface area contributed by atoms with E-state index in [0.717, 1.165) is 0 Å². The first-order chi connectivity index (χ1) is 7.58. The van der Waals surface area contributed by atoms with Crippen molar-refractivity contribution in [1.29, 1.82) is 0 Å². The van der Waals surface area contributed by atoms with Crippen molar-refractivity contribution in [1.82, 2.24) is 9.97 Å². The van der Waals surface area contributed by atoms with E-state index in [1.54, 1.807) is 14.0 Å². The summed E-state index contributed by atoms with van der Waals surface area (Å²) >= 11 is 5.95. The van der Waals surface area contributed by atoms with Gasteiger partial charge in [-0.05, 0) is 13.0 Å². The Morgan fingerprint density at radius 3 is 2.75 bits per heavy atom. The zero-order valence-electron chi connectivity index (χ0n) is 9.24. The van der Waals surface area contributed by atoms with Crippen LogP contribution < -0.4 is 5.32 Å². The minimum atomic E-state index is -0.460. The zero-order valence-corrected chi connectivity index (χ0v) is 10.00. The van der Waals surface area contributed by atoms with E-state index in [9.17, 15) is 4.79 Å². The number of methoxy groups -OCH3 is 1. The molecule has 16 heavy (non-hydrogen) atoms. The molecule has 0 aliphatic heterocycles. The van der Waals surface area contributed by atoms with Crippen LogP contribution in [0.25, 0.3) is 6.08 Å². The highest BCUT2D eigenvalue weighted by atomic mass is 35.5. The summed E-state index contributed by atoms with van der Waals surface area (Å²) in [5, 5.41) is 3.17. The van der Waals surface area contributed by atoms with Gasteiger partial charge in [-0.3, -0.25) is 0 Å². The molecule has 0 unspecified atom stereocenters. The molecule has 0 aliphatic carbocycles. The SMILES string of the molecule is CNc1nc(C)nc(Cl)c1/C=C/C(=O)OC. The Labute approximate surface area is 98.5 Å². The lowest BCUT2D eigenvalue weighted by molar-refractivity contribution is -0.134. The molecule has 0 fully saturated rings. The molecule has 1 aromatic heterocycles. The second-order valence-corrected chi connectivity index (χ2v) is 3.29. The fourth-order valence-corrected chi connectivity index (χ4v) is 1.38. The standard InChI is InChI=1S/C10H12ClN3O2/c1-6-13-9(11)7(10(12-2)14-6)4-5-8(15)16-3/h4-5H,1-3H3,(H,12,13,14)/b5-4+. The second-order valence-electron chi connectivity index (χ2n) is 2.93. The largest absolute Gasteiger partial charge is 0.466 e. The average Bonchev–Trinajstić information content (AvgIpc) is 2.26. The summed E-state index contributed by atoms with van der Waals surface area (Å²) in [5.41, 5.74) is 0.556. The number of halogens is 1. The molecule has 1 N–H and O–H groups in total. The van der Waals surface area contributed by atoms with E-state index in [1.807, 2.05) is 0 Å². The first-order valence-corrected chi connectivity index (χ1v) is 4.94. The Morgan fingerprint density at radius 1 is 1.50 bits per heavy atom. The van der Waals surface area contributed by atoms with E-state index in [2.05, 4.69) is 20.0 Å². The molecule has 1 aromatic rings. The fourth-order valence-electron chi connectivity index (χ4n) is 1.10. The number of nitrogens with zero attached hydrogens (tertiary/aromatic N) is 2. The van der Waals surface area contributed by atoms with Gasteiger partial charge in [0.15, 0.2) is 0 Å². The molecule has 0 atom stereocenters. The Hall–Kier alpha value is -1.62. The molecular weight excluding hydrogens is 230 g/mol. The van der Waals surface area contributed by atoms with Crippen LogP contribution >= 0.6 is 11.6 Å². The van der Waals surface area contributed by atoms with Gasteiger partial charge in [0.1, 0.15) is 16.8 Å². The topological polar surface area (TPSA) is 64.1 Å². The third-order valence-electron chi connectivity index (χ3n) is 1.84. The van der Waals surface area contributed by atoms with Crippen molar-refractivity contribution in [2.24, 2.45) is 0 Å². The van der Waals surface area contributed by atoms with Crippen LogP contribution in [0.5, 0.6) is 0 Å². The number of carbonyl (C=O) groups excluding carboxylic acids is 1. The van der Waals surface area contributed by atoms with Crippen LogP contribution in [-0.4, -0.2) is 30.1 Å². The van der Waals surface area contributed by atoms with Gasteiger partial charge in [-0.1, -0.05) is 11.6 Å². The number of anilines is 1. The normalized spacial score (nSPS) is 10.5. The molecule has 86 valence electrons. The maximum absolute atomic E-state index is 10.9. The van der Waals surface area contributed by atoms with Gasteiger partial charge in [0.05, 0.1) is 12.7 Å². The third kappa shape index (κ3) is 2.93. The van der Waals surface area contributed by atoms with Crippen molar-refractivity contribution in [2.75, 3.05) is 19.5 Å². The van der Waals surface area contributed by atoms with Gasteiger partial charge in [-0.2, -0.15) is 0 Å². The van der Waals surface area contributed by atoms with E-state index in [1.165, 1.54) is 19.3 Å². The van der Waals surface area contributed by atoms with Crippen molar-refractivity contribution in [3.63, 3.8) is 0 Å². The Kier molecular flexibility index (Phi) is 4.25. The van der Waals surface area contributed by atoms with Gasteiger partial charge in [0.25, 0.3) is 0 Å². The van der Waals surface area contributed by atoms with Gasteiger partial charge in [0, 0.05) is 13.1 Å². The summed E-state index contributed by atoms with van der Waals surface area (Å²) < 4.78 is 4.48. The van der Waals surface area contributed by atoms with E-state index in [0.29, 0.717) is 17.2 Å². The molecule has 0 radical (unpaired) electrons. The van der Waals surface area contributed by atoms with Crippen molar-refractivity contribution < 1.29 is 9.53 Å². The summed E-state index contributed by atoms with van der Waals surface area (Å²) in [6.45, 7) is 1.74. The Bertz CT molecular complexity index is 432. The molecule has 0 spiro atoms. The molecular formula is C10H12ClN3O2. The summed E-state index contributed by atoms with van der Waals surface area (Å²) in [6, 6.07) is 0. The Morgan fingerprint density at radius 2 is 2.19 bits per heavy atom. The third-order valence-corrected chi connectivity index (χ3v) is 2.12. The number of rotatable bonds is 3. The molecule has 1 rings (SSSR count). The van der Waals surface area contributed by atoms with Gasteiger partial charge in [-0.25, -0.2) is 14.8 Å². The van der Waals surface area contributed by atoms with Crippen LogP contribution in [-0.2, 0) is 9.53 Å². The van der Waals surface area contributed by atoms with E-state index < -0.39 is 5.97 Å². The highest BCUT2D eigenvalue weighted by molar-refractivity contribution is 6.31. The summed E-state index contributed by atoms with van der Waals surface area (Å²) in [6.07, 6.45) is 2.78. The van der Waals surface area contributed by atoms with Gasteiger partial charge in [0.2, 0.25) is 0 Å². The van der Waals surface area contributed by atoms with E-state index in [4.69, 9.17) is 11.6 Å². The lowest BCUT2D eigenvalue weighted by Gasteiger charge is -2.06. The van der Waals surface area contributed by atoms with Crippen molar-refractivity contribution in [3.05, 3.63) is 22.6 Å². The number of hydrogen-bond donors (Lipinski definition) is 1. The average molecular weight is 242 g/mol. The molecule has 1 heterocycles. The van der Waals surface area contributed by atoms with Gasteiger partial charge >= 0.3 is 5.97 Å². The van der Waals surface area contributed by atoms with Crippen LogP contribution in [0.15, 0.2) is 6.08 Å². The summed E-state index contributed by atoms with van der Waals surface area (Å²) in [7, 11) is 3.02. The first kappa shape index (κ1) is 12.4. The van der Waals surface area contributed by atoms with Crippen LogP contribution in [0.3, 0.4) is 0 Å². The van der Waals surface area contributed by atoms with Crippen LogP contribution in [0.2, 0.25) is 5.15 Å². The number of aromatic nitrogens is 2.